The van der Waals surface area contributed by atoms with Crippen LogP contribution in [0.5, 0.6) is 0 Å². The van der Waals surface area contributed by atoms with Crippen molar-refractivity contribution in [3.8, 4) is 0 Å². The molecule has 6 nitrogen and oxygen atoms in total. The molecule has 0 spiro atoms. The summed E-state index contributed by atoms with van der Waals surface area (Å²) in [5.41, 5.74) is -0.471. The Morgan fingerprint density at radius 3 is 2.08 bits per heavy atom. The third-order valence-corrected chi connectivity index (χ3v) is 3.32. The molecule has 0 aromatic rings. The van der Waals surface area contributed by atoms with Gasteiger partial charge in [0, 0.05) is 13.1 Å². The Kier molecular flexibility index (Phi) is 16.3. The molecule has 0 rings (SSSR count). The molecule has 0 heterocycles. The molecule has 24 heavy (non-hydrogen) atoms. The fourth-order valence-electron chi connectivity index (χ4n) is 2.14. The first-order valence-corrected chi connectivity index (χ1v) is 8.43. The Labute approximate surface area is 161 Å². The Bertz CT molecular complexity index is 308. The van der Waals surface area contributed by atoms with E-state index >= 15 is 0 Å². The molecular formula is C17H35N3O3Zn. The Hall–Kier alpha value is -0.227. The van der Waals surface area contributed by atoms with E-state index in [2.05, 4.69) is 29.0 Å². The molecule has 0 bridgehead atoms. The van der Waals surface area contributed by atoms with Crippen molar-refractivity contribution < 1.29 is 34.1 Å². The van der Waals surface area contributed by atoms with E-state index in [-0.39, 0.29) is 32.2 Å². The van der Waals surface area contributed by atoms with Crippen LogP contribution in [0, 0.1) is 13.8 Å². The molecule has 0 unspecified atom stereocenters. The van der Waals surface area contributed by atoms with Crippen molar-refractivity contribution in [1.29, 1.82) is 0 Å². The summed E-state index contributed by atoms with van der Waals surface area (Å²) in [6, 6.07) is 0. The van der Waals surface area contributed by atoms with E-state index in [4.69, 9.17) is 9.84 Å². The molecule has 0 aromatic heterocycles. The largest absolute Gasteiger partial charge is 2.00 e. The summed E-state index contributed by atoms with van der Waals surface area (Å²) in [6.07, 6.45) is 1.46. The average molecular weight is 395 g/mol. The summed E-state index contributed by atoms with van der Waals surface area (Å²) in [5.74, 6) is 0. The minimum Gasteiger partial charge on any atom is -0.444 e. The molecule has 0 radical (unpaired) electrons. The first-order chi connectivity index (χ1) is 10.8. The smallest absolute Gasteiger partial charge is 0.444 e. The zero-order valence-corrected chi connectivity index (χ0v) is 18.8. The van der Waals surface area contributed by atoms with Crippen LogP contribution < -0.4 is 5.32 Å². The zero-order chi connectivity index (χ0) is 17.7. The van der Waals surface area contributed by atoms with E-state index in [1.807, 2.05) is 20.8 Å². The number of carbonyl (C=O) groups excluding carboxylic acids is 1. The van der Waals surface area contributed by atoms with Crippen molar-refractivity contribution in [3.05, 3.63) is 13.8 Å². The molecule has 0 fully saturated rings. The van der Waals surface area contributed by atoms with Gasteiger partial charge in [0.15, 0.2) is 0 Å². The second-order valence-corrected chi connectivity index (χ2v) is 6.54. The predicted molar refractivity (Wildman–Crippen MR) is 94.2 cm³/mol. The van der Waals surface area contributed by atoms with Gasteiger partial charge in [-0.1, -0.05) is 0 Å². The minimum atomic E-state index is -0.471. The maximum Gasteiger partial charge on any atom is 2.00 e. The van der Waals surface area contributed by atoms with E-state index < -0.39 is 5.60 Å². The molecule has 0 aliphatic heterocycles. The van der Waals surface area contributed by atoms with E-state index in [0.29, 0.717) is 13.1 Å². The van der Waals surface area contributed by atoms with Crippen LogP contribution in [0.2, 0.25) is 0 Å². The third kappa shape index (κ3) is 15.3. The number of nitrogens with zero attached hydrogens (tertiary/aromatic N) is 2. The van der Waals surface area contributed by atoms with Crippen LogP contribution in [-0.2, 0) is 24.2 Å². The number of alkyl carbamates (subject to hydrolysis) is 1. The van der Waals surface area contributed by atoms with Crippen LogP contribution in [0.4, 0.5) is 4.79 Å². The van der Waals surface area contributed by atoms with Gasteiger partial charge in [0.1, 0.15) is 5.60 Å². The van der Waals surface area contributed by atoms with Gasteiger partial charge >= 0.3 is 25.6 Å². The van der Waals surface area contributed by atoms with Crippen LogP contribution in [0.1, 0.15) is 33.6 Å². The van der Waals surface area contributed by atoms with Gasteiger partial charge in [-0.3, -0.25) is 0 Å². The molecule has 2 N–H and O–H groups in total. The van der Waals surface area contributed by atoms with Gasteiger partial charge < -0.3 is 38.8 Å². The number of rotatable bonds is 12. The fourth-order valence-corrected chi connectivity index (χ4v) is 2.14. The van der Waals surface area contributed by atoms with E-state index in [0.717, 1.165) is 45.6 Å². The number of hydrogen-bond donors (Lipinski definition) is 2. The molecule has 0 aliphatic rings. The normalized spacial score (nSPS) is 11.5. The summed E-state index contributed by atoms with van der Waals surface area (Å²) in [7, 11) is 0. The van der Waals surface area contributed by atoms with Crippen LogP contribution >= 0.6 is 0 Å². The molecule has 0 atom stereocenters. The fraction of sp³-hybridized carbons (Fsp3) is 0.824. The third-order valence-electron chi connectivity index (χ3n) is 3.32. The number of ether oxygens (including phenoxy) is 1. The van der Waals surface area contributed by atoms with E-state index in [1.54, 1.807) is 0 Å². The molecule has 0 aromatic carbocycles. The molecule has 7 heteroatoms. The summed E-state index contributed by atoms with van der Waals surface area (Å²) >= 11 is 0. The molecule has 0 saturated heterocycles. The van der Waals surface area contributed by atoms with Gasteiger partial charge in [-0.2, -0.15) is 0 Å². The van der Waals surface area contributed by atoms with Crippen LogP contribution in [-0.4, -0.2) is 79.0 Å². The number of nitrogens with one attached hydrogen (secondary N) is 1. The van der Waals surface area contributed by atoms with Crippen LogP contribution in [0.25, 0.3) is 0 Å². The number of hydrogen-bond acceptors (Lipinski definition) is 5. The molecule has 138 valence electrons. The van der Waals surface area contributed by atoms with Gasteiger partial charge in [0.25, 0.3) is 0 Å². The van der Waals surface area contributed by atoms with Crippen molar-refractivity contribution >= 4 is 6.09 Å². The second-order valence-electron chi connectivity index (χ2n) is 6.54. The standard InChI is InChI=1S/C17H35N3O3.Zn/c1-6-19(7-2)12-9-13-20(14-15-21)11-8-10-18-16(22)23-17(3,4)5;/h21H,1-2,6-15H2,3-5H3,(H,18,22);/q-2;+2. The van der Waals surface area contributed by atoms with E-state index in [9.17, 15) is 4.79 Å². The quantitative estimate of drug-likeness (QED) is 0.299. The van der Waals surface area contributed by atoms with Crippen LogP contribution in [0.3, 0.4) is 0 Å². The Balaban J connectivity index is 0. The van der Waals surface area contributed by atoms with Gasteiger partial charge in [-0.25, -0.2) is 4.79 Å². The van der Waals surface area contributed by atoms with Gasteiger partial charge in [0.05, 0.1) is 6.61 Å². The number of aliphatic hydroxyl groups is 1. The van der Waals surface area contributed by atoms with Crippen molar-refractivity contribution in [2.24, 2.45) is 0 Å². The second kappa shape index (κ2) is 15.1. The summed E-state index contributed by atoms with van der Waals surface area (Å²) < 4.78 is 5.19. The number of carbonyl (C=O) groups is 1. The first-order valence-electron chi connectivity index (χ1n) is 8.43. The molecule has 0 aliphatic carbocycles. The Morgan fingerprint density at radius 1 is 1.04 bits per heavy atom. The maximum atomic E-state index is 11.5. The monoisotopic (exact) mass is 393 g/mol. The van der Waals surface area contributed by atoms with Gasteiger partial charge in [0.2, 0.25) is 0 Å². The van der Waals surface area contributed by atoms with Gasteiger partial charge in [-0.15, -0.1) is 13.1 Å². The SMILES string of the molecule is [CH2-]CN(C[CH2-])CCCN(CCO)CCCNC(=O)OC(C)(C)C.[Zn+2]. The van der Waals surface area contributed by atoms with E-state index in [1.165, 1.54) is 0 Å². The van der Waals surface area contributed by atoms with Crippen molar-refractivity contribution in [2.45, 2.75) is 39.2 Å². The summed E-state index contributed by atoms with van der Waals surface area (Å²) in [6.45, 7) is 18.9. The average Bonchev–Trinajstić information content (AvgIpc) is 2.46. The molecular weight excluding hydrogens is 360 g/mol. The van der Waals surface area contributed by atoms with Crippen molar-refractivity contribution in [3.63, 3.8) is 0 Å². The minimum absolute atomic E-state index is 0. The summed E-state index contributed by atoms with van der Waals surface area (Å²) in [5, 5.41) is 11.9. The molecule has 1 amide bonds. The zero-order valence-electron chi connectivity index (χ0n) is 15.9. The Morgan fingerprint density at radius 2 is 1.58 bits per heavy atom. The topological polar surface area (TPSA) is 65.0 Å². The maximum absolute atomic E-state index is 11.5. The summed E-state index contributed by atoms with van der Waals surface area (Å²) in [4.78, 5) is 15.9. The number of aliphatic hydroxyl groups excluding tert-OH is 1. The van der Waals surface area contributed by atoms with Crippen LogP contribution in [0.15, 0.2) is 0 Å². The van der Waals surface area contributed by atoms with Crippen molar-refractivity contribution in [1.82, 2.24) is 15.1 Å². The predicted octanol–water partition coefficient (Wildman–Crippen LogP) is 1.55. The van der Waals surface area contributed by atoms with Crippen molar-refractivity contribution in [2.75, 3.05) is 52.4 Å². The first kappa shape index (κ1) is 26.0. The number of amides is 1. The van der Waals surface area contributed by atoms with Gasteiger partial charge in [-0.05, 0) is 53.2 Å². The molecule has 0 saturated carbocycles.